The van der Waals surface area contributed by atoms with Crippen LogP contribution < -0.4 is 15.6 Å². The first-order valence-electron chi connectivity index (χ1n) is 7.44. The molecule has 0 fully saturated rings. The lowest BCUT2D eigenvalue weighted by Gasteiger charge is -2.08. The van der Waals surface area contributed by atoms with Gasteiger partial charge in [0.15, 0.2) is 0 Å². The second-order valence-electron chi connectivity index (χ2n) is 4.87. The van der Waals surface area contributed by atoms with E-state index in [1.807, 2.05) is 0 Å². The summed E-state index contributed by atoms with van der Waals surface area (Å²) in [6.07, 6.45) is 5.07. The summed E-state index contributed by atoms with van der Waals surface area (Å²) in [4.78, 5) is 27.6. The Morgan fingerprint density at radius 3 is 2.09 bits per heavy atom. The van der Waals surface area contributed by atoms with Crippen molar-refractivity contribution in [3.63, 3.8) is 0 Å². The van der Waals surface area contributed by atoms with Gasteiger partial charge in [0.05, 0.1) is 6.61 Å². The van der Waals surface area contributed by atoms with Crippen LogP contribution in [0.2, 0.25) is 0 Å². The first-order valence-corrected chi connectivity index (χ1v) is 7.44. The molecule has 2 aromatic rings. The number of aromatic nitrogens is 1. The zero-order valence-corrected chi connectivity index (χ0v) is 12.9. The maximum atomic E-state index is 12.0. The van der Waals surface area contributed by atoms with Crippen LogP contribution in [0.1, 0.15) is 40.5 Å². The van der Waals surface area contributed by atoms with Gasteiger partial charge in [-0.1, -0.05) is 13.3 Å². The molecule has 2 N–H and O–H groups in total. The van der Waals surface area contributed by atoms with Crippen LogP contribution in [0.25, 0.3) is 0 Å². The Hall–Kier alpha value is -2.89. The summed E-state index contributed by atoms with van der Waals surface area (Å²) in [6, 6.07) is 9.88. The highest BCUT2D eigenvalue weighted by molar-refractivity contribution is 5.99. The molecule has 0 saturated heterocycles. The zero-order chi connectivity index (χ0) is 16.5. The number of carbonyl (C=O) groups excluding carboxylic acids is 2. The predicted octanol–water partition coefficient (Wildman–Crippen LogP) is 2.34. The van der Waals surface area contributed by atoms with E-state index < -0.39 is 11.8 Å². The molecule has 0 unspecified atom stereocenters. The SMILES string of the molecule is CCCCOc1ccc(C(=O)NNC(=O)c2ccncc2)cc1. The van der Waals surface area contributed by atoms with Gasteiger partial charge in [-0.15, -0.1) is 0 Å². The summed E-state index contributed by atoms with van der Waals surface area (Å²) in [6.45, 7) is 2.75. The number of hydrazine groups is 1. The molecule has 6 nitrogen and oxygen atoms in total. The number of pyridine rings is 1. The normalized spacial score (nSPS) is 9.96. The lowest BCUT2D eigenvalue weighted by molar-refractivity contribution is 0.0846. The number of carbonyl (C=O) groups is 2. The molecule has 0 aliphatic rings. The molecule has 1 aromatic heterocycles. The Labute approximate surface area is 134 Å². The molecule has 0 saturated carbocycles. The fourth-order valence-corrected chi connectivity index (χ4v) is 1.80. The molecule has 0 aliphatic carbocycles. The summed E-state index contributed by atoms with van der Waals surface area (Å²) < 4.78 is 5.53. The van der Waals surface area contributed by atoms with Crippen molar-refractivity contribution in [3.8, 4) is 5.75 Å². The summed E-state index contributed by atoms with van der Waals surface area (Å²) in [5.74, 6) is -0.0800. The average molecular weight is 313 g/mol. The lowest BCUT2D eigenvalue weighted by atomic mass is 10.2. The second-order valence-corrected chi connectivity index (χ2v) is 4.87. The van der Waals surface area contributed by atoms with Crippen molar-refractivity contribution in [2.75, 3.05) is 6.61 Å². The number of nitrogens with zero attached hydrogens (tertiary/aromatic N) is 1. The summed E-state index contributed by atoms with van der Waals surface area (Å²) in [7, 11) is 0. The topological polar surface area (TPSA) is 80.3 Å². The minimum Gasteiger partial charge on any atom is -0.494 e. The largest absolute Gasteiger partial charge is 0.494 e. The summed E-state index contributed by atoms with van der Waals surface area (Å²) >= 11 is 0. The van der Waals surface area contributed by atoms with E-state index in [0.717, 1.165) is 18.6 Å². The Morgan fingerprint density at radius 2 is 1.52 bits per heavy atom. The van der Waals surface area contributed by atoms with E-state index in [0.29, 0.717) is 17.7 Å². The van der Waals surface area contributed by atoms with Crippen LogP contribution >= 0.6 is 0 Å². The van der Waals surface area contributed by atoms with Gasteiger partial charge in [0, 0.05) is 23.5 Å². The molecular weight excluding hydrogens is 294 g/mol. The number of unbranched alkanes of at least 4 members (excludes halogenated alkanes) is 1. The van der Waals surface area contributed by atoms with E-state index in [9.17, 15) is 9.59 Å². The van der Waals surface area contributed by atoms with Gasteiger partial charge in [0.1, 0.15) is 5.75 Å². The number of rotatable bonds is 6. The molecule has 2 amide bonds. The monoisotopic (exact) mass is 313 g/mol. The lowest BCUT2D eigenvalue weighted by Crippen LogP contribution is -2.41. The standard InChI is InChI=1S/C17H19N3O3/c1-2-3-12-23-15-6-4-13(5-7-15)16(21)19-20-17(22)14-8-10-18-11-9-14/h4-11H,2-3,12H2,1H3,(H,19,21)(H,20,22). The Morgan fingerprint density at radius 1 is 0.957 bits per heavy atom. The summed E-state index contributed by atoms with van der Waals surface area (Å²) in [5.41, 5.74) is 5.58. The van der Waals surface area contributed by atoms with Crippen LogP contribution in [0, 0.1) is 0 Å². The Balaban J connectivity index is 1.84. The quantitative estimate of drug-likeness (QED) is 0.633. The molecular formula is C17H19N3O3. The van der Waals surface area contributed by atoms with Gasteiger partial charge >= 0.3 is 0 Å². The summed E-state index contributed by atoms with van der Waals surface area (Å²) in [5, 5.41) is 0. The van der Waals surface area contributed by atoms with Crippen LogP contribution in [0.4, 0.5) is 0 Å². The third-order valence-corrected chi connectivity index (χ3v) is 3.12. The number of nitrogens with one attached hydrogen (secondary N) is 2. The van der Waals surface area contributed by atoms with E-state index in [-0.39, 0.29) is 0 Å². The van der Waals surface area contributed by atoms with E-state index in [1.165, 1.54) is 12.4 Å². The molecule has 23 heavy (non-hydrogen) atoms. The second kappa shape index (κ2) is 8.53. The molecule has 0 aliphatic heterocycles. The molecule has 0 spiro atoms. The molecule has 6 heteroatoms. The fourth-order valence-electron chi connectivity index (χ4n) is 1.80. The number of amides is 2. The number of hydrogen-bond acceptors (Lipinski definition) is 4. The van der Waals surface area contributed by atoms with Crippen molar-refractivity contribution in [1.29, 1.82) is 0 Å². The molecule has 120 valence electrons. The maximum absolute atomic E-state index is 12.0. The molecule has 0 bridgehead atoms. The van der Waals surface area contributed by atoms with Crippen LogP contribution in [-0.2, 0) is 0 Å². The van der Waals surface area contributed by atoms with Gasteiger partial charge in [0.2, 0.25) is 0 Å². The van der Waals surface area contributed by atoms with Crippen LogP contribution in [0.5, 0.6) is 5.75 Å². The van der Waals surface area contributed by atoms with Crippen molar-refractivity contribution in [2.45, 2.75) is 19.8 Å². The van der Waals surface area contributed by atoms with E-state index in [1.54, 1.807) is 36.4 Å². The Kier molecular flexibility index (Phi) is 6.11. The van der Waals surface area contributed by atoms with Crippen molar-refractivity contribution >= 4 is 11.8 Å². The van der Waals surface area contributed by atoms with Gasteiger partial charge in [-0.05, 0) is 42.8 Å². The highest BCUT2D eigenvalue weighted by Crippen LogP contribution is 2.12. The van der Waals surface area contributed by atoms with Gasteiger partial charge in [-0.2, -0.15) is 0 Å². The first-order chi connectivity index (χ1) is 11.2. The maximum Gasteiger partial charge on any atom is 0.269 e. The molecule has 0 radical (unpaired) electrons. The van der Waals surface area contributed by atoms with Gasteiger partial charge in [0.25, 0.3) is 11.8 Å². The van der Waals surface area contributed by atoms with Crippen LogP contribution in [-0.4, -0.2) is 23.4 Å². The van der Waals surface area contributed by atoms with Gasteiger partial charge < -0.3 is 4.74 Å². The smallest absolute Gasteiger partial charge is 0.269 e. The van der Waals surface area contributed by atoms with Crippen LogP contribution in [0.15, 0.2) is 48.8 Å². The molecule has 2 rings (SSSR count). The highest BCUT2D eigenvalue weighted by Gasteiger charge is 2.09. The van der Waals surface area contributed by atoms with E-state index in [4.69, 9.17) is 4.74 Å². The van der Waals surface area contributed by atoms with E-state index in [2.05, 4.69) is 22.8 Å². The third-order valence-electron chi connectivity index (χ3n) is 3.12. The number of ether oxygens (including phenoxy) is 1. The minimum atomic E-state index is -0.403. The fraction of sp³-hybridized carbons (Fsp3) is 0.235. The van der Waals surface area contributed by atoms with Crippen molar-refractivity contribution in [1.82, 2.24) is 15.8 Å². The van der Waals surface area contributed by atoms with Gasteiger partial charge in [-0.3, -0.25) is 25.4 Å². The zero-order valence-electron chi connectivity index (χ0n) is 12.9. The number of benzene rings is 1. The van der Waals surface area contributed by atoms with Crippen LogP contribution in [0.3, 0.4) is 0 Å². The Bertz CT molecular complexity index is 642. The number of hydrogen-bond donors (Lipinski definition) is 2. The van der Waals surface area contributed by atoms with Crippen molar-refractivity contribution < 1.29 is 14.3 Å². The van der Waals surface area contributed by atoms with Crippen molar-refractivity contribution in [2.24, 2.45) is 0 Å². The molecule has 1 aromatic carbocycles. The molecule has 0 atom stereocenters. The third kappa shape index (κ3) is 5.10. The minimum absolute atomic E-state index is 0.396. The molecule has 1 heterocycles. The van der Waals surface area contributed by atoms with Gasteiger partial charge in [-0.25, -0.2) is 0 Å². The van der Waals surface area contributed by atoms with Crippen molar-refractivity contribution in [3.05, 3.63) is 59.9 Å². The van der Waals surface area contributed by atoms with E-state index >= 15 is 0 Å². The highest BCUT2D eigenvalue weighted by atomic mass is 16.5. The average Bonchev–Trinajstić information content (AvgIpc) is 2.61. The predicted molar refractivity (Wildman–Crippen MR) is 86.0 cm³/mol. The first kappa shape index (κ1) is 16.5.